The van der Waals surface area contributed by atoms with E-state index in [1.54, 1.807) is 0 Å². The lowest BCUT2D eigenvalue weighted by Gasteiger charge is -2.04. The molecule has 3 amide bonds. The molecule has 1 heterocycles. The Morgan fingerprint density at radius 1 is 1.36 bits per heavy atom. The summed E-state index contributed by atoms with van der Waals surface area (Å²) in [6, 6.07) is 3.23. The van der Waals surface area contributed by atoms with Crippen LogP contribution in [0.3, 0.4) is 0 Å². The van der Waals surface area contributed by atoms with Crippen LogP contribution < -0.4 is 10.6 Å². The molecule has 6 nitrogen and oxygen atoms in total. The van der Waals surface area contributed by atoms with Crippen LogP contribution in [0, 0.1) is 5.82 Å². The molecule has 0 fully saturated rings. The highest BCUT2D eigenvalue weighted by molar-refractivity contribution is 7.21. The van der Waals surface area contributed by atoms with Gasteiger partial charge < -0.3 is 10.1 Å². The number of benzene rings is 1. The zero-order chi connectivity index (χ0) is 16.3. The second kappa shape index (κ2) is 6.71. The zero-order valence-corrected chi connectivity index (χ0v) is 12.8. The molecule has 116 valence electrons. The van der Waals surface area contributed by atoms with Gasteiger partial charge in [-0.1, -0.05) is 11.6 Å². The third-order valence-electron chi connectivity index (χ3n) is 2.59. The van der Waals surface area contributed by atoms with E-state index in [0.717, 1.165) is 11.3 Å². The molecular formula is C13H10ClFN2O4S. The number of hydrogen-bond acceptors (Lipinski definition) is 5. The van der Waals surface area contributed by atoms with E-state index in [1.807, 2.05) is 5.32 Å². The quantitative estimate of drug-likeness (QED) is 0.837. The Labute approximate surface area is 133 Å². The van der Waals surface area contributed by atoms with E-state index in [1.165, 1.54) is 25.2 Å². The molecule has 0 saturated carbocycles. The number of imide groups is 1. The summed E-state index contributed by atoms with van der Waals surface area (Å²) in [4.78, 5) is 34.2. The maximum atomic E-state index is 13.1. The zero-order valence-electron chi connectivity index (χ0n) is 11.2. The Kier molecular flexibility index (Phi) is 4.94. The lowest BCUT2D eigenvalue weighted by molar-refractivity contribution is -0.123. The van der Waals surface area contributed by atoms with Crippen LogP contribution in [0.4, 0.5) is 9.18 Å². The van der Waals surface area contributed by atoms with Gasteiger partial charge in [-0.25, -0.2) is 14.0 Å². The van der Waals surface area contributed by atoms with Crippen molar-refractivity contribution in [1.29, 1.82) is 0 Å². The maximum Gasteiger partial charge on any atom is 0.350 e. The molecule has 0 atom stereocenters. The first-order valence-corrected chi connectivity index (χ1v) is 7.18. The number of fused-ring (bicyclic) bond motifs is 1. The summed E-state index contributed by atoms with van der Waals surface area (Å²) in [7, 11) is 1.34. The Bertz CT molecular complexity index is 762. The Balaban J connectivity index is 2.08. The van der Waals surface area contributed by atoms with Crippen molar-refractivity contribution in [2.45, 2.75) is 0 Å². The second-order valence-electron chi connectivity index (χ2n) is 4.09. The Morgan fingerprint density at radius 3 is 2.77 bits per heavy atom. The average molecular weight is 345 g/mol. The first-order chi connectivity index (χ1) is 10.4. The molecule has 0 unspecified atom stereocenters. The van der Waals surface area contributed by atoms with E-state index in [4.69, 9.17) is 16.3 Å². The molecule has 2 N–H and O–H groups in total. The van der Waals surface area contributed by atoms with Crippen molar-refractivity contribution in [3.63, 3.8) is 0 Å². The standard InChI is InChI=1S/C13H10ClFN2O4S/c1-16-13(20)17-9(18)5-21-12(19)11-10(14)7-3-2-6(15)4-8(7)22-11/h2-4H,5H2,1H3,(H2,16,17,18,20). The van der Waals surface area contributed by atoms with Crippen molar-refractivity contribution in [2.24, 2.45) is 0 Å². The van der Waals surface area contributed by atoms with Crippen LogP contribution in [-0.4, -0.2) is 31.6 Å². The van der Waals surface area contributed by atoms with Gasteiger partial charge in [0.25, 0.3) is 5.91 Å². The van der Waals surface area contributed by atoms with Crippen LogP contribution in [0.1, 0.15) is 9.67 Å². The second-order valence-corrected chi connectivity index (χ2v) is 5.52. The molecule has 2 rings (SSSR count). The van der Waals surface area contributed by atoms with E-state index in [-0.39, 0.29) is 9.90 Å². The monoisotopic (exact) mass is 344 g/mol. The first kappa shape index (κ1) is 16.2. The number of ether oxygens (including phenoxy) is 1. The fraction of sp³-hybridized carbons (Fsp3) is 0.154. The van der Waals surface area contributed by atoms with E-state index < -0.39 is 30.3 Å². The van der Waals surface area contributed by atoms with Crippen molar-refractivity contribution in [3.8, 4) is 0 Å². The number of urea groups is 1. The first-order valence-electron chi connectivity index (χ1n) is 5.98. The van der Waals surface area contributed by atoms with Gasteiger partial charge in [-0.2, -0.15) is 0 Å². The molecule has 0 bridgehead atoms. The lowest BCUT2D eigenvalue weighted by Crippen LogP contribution is -2.39. The van der Waals surface area contributed by atoms with Gasteiger partial charge in [0.1, 0.15) is 10.7 Å². The summed E-state index contributed by atoms with van der Waals surface area (Å²) in [5.41, 5.74) is 0. The van der Waals surface area contributed by atoms with Crippen LogP contribution in [0.2, 0.25) is 5.02 Å². The van der Waals surface area contributed by atoms with Gasteiger partial charge in [-0.3, -0.25) is 10.1 Å². The molecular weight excluding hydrogens is 335 g/mol. The summed E-state index contributed by atoms with van der Waals surface area (Å²) < 4.78 is 18.4. The topological polar surface area (TPSA) is 84.5 Å². The molecule has 0 saturated heterocycles. The van der Waals surface area contributed by atoms with E-state index in [2.05, 4.69) is 5.32 Å². The molecule has 9 heteroatoms. The van der Waals surface area contributed by atoms with Gasteiger partial charge in [-0.05, 0) is 18.2 Å². The fourth-order valence-electron chi connectivity index (χ4n) is 1.59. The highest BCUT2D eigenvalue weighted by atomic mass is 35.5. The molecule has 0 aliphatic carbocycles. The molecule has 0 aliphatic rings. The summed E-state index contributed by atoms with van der Waals surface area (Å²) >= 11 is 7.01. The minimum Gasteiger partial charge on any atom is -0.451 e. The third-order valence-corrected chi connectivity index (χ3v) is 4.23. The van der Waals surface area contributed by atoms with Gasteiger partial charge in [-0.15, -0.1) is 11.3 Å². The Morgan fingerprint density at radius 2 is 2.09 bits per heavy atom. The van der Waals surface area contributed by atoms with Crippen LogP contribution >= 0.6 is 22.9 Å². The summed E-state index contributed by atoms with van der Waals surface area (Å²) in [6.45, 7) is -0.634. The van der Waals surface area contributed by atoms with Crippen LogP contribution in [-0.2, 0) is 9.53 Å². The molecule has 1 aromatic carbocycles. The number of carbonyl (C=O) groups excluding carboxylic acids is 3. The number of rotatable bonds is 3. The van der Waals surface area contributed by atoms with Crippen molar-refractivity contribution in [1.82, 2.24) is 10.6 Å². The van der Waals surface area contributed by atoms with Crippen LogP contribution in [0.25, 0.3) is 10.1 Å². The lowest BCUT2D eigenvalue weighted by atomic mass is 10.2. The summed E-state index contributed by atoms with van der Waals surface area (Å²) in [6.07, 6.45) is 0. The average Bonchev–Trinajstić information content (AvgIpc) is 2.81. The summed E-state index contributed by atoms with van der Waals surface area (Å²) in [5.74, 6) is -2.05. The minimum atomic E-state index is -0.821. The van der Waals surface area contributed by atoms with Gasteiger partial charge >= 0.3 is 12.0 Å². The normalized spacial score (nSPS) is 10.3. The SMILES string of the molecule is CNC(=O)NC(=O)COC(=O)c1sc2cc(F)ccc2c1Cl. The van der Waals surface area contributed by atoms with Crippen molar-refractivity contribution >= 4 is 50.9 Å². The van der Waals surface area contributed by atoms with Gasteiger partial charge in [0, 0.05) is 17.1 Å². The highest BCUT2D eigenvalue weighted by Gasteiger charge is 2.20. The molecule has 0 aliphatic heterocycles. The number of amides is 3. The largest absolute Gasteiger partial charge is 0.451 e. The molecule has 0 spiro atoms. The molecule has 2 aromatic rings. The van der Waals surface area contributed by atoms with Crippen molar-refractivity contribution in [3.05, 3.63) is 33.9 Å². The highest BCUT2D eigenvalue weighted by Crippen LogP contribution is 2.36. The molecule has 1 aromatic heterocycles. The van der Waals surface area contributed by atoms with E-state index in [0.29, 0.717) is 10.1 Å². The smallest absolute Gasteiger partial charge is 0.350 e. The van der Waals surface area contributed by atoms with Crippen LogP contribution in [0.5, 0.6) is 0 Å². The van der Waals surface area contributed by atoms with Crippen LogP contribution in [0.15, 0.2) is 18.2 Å². The predicted octanol–water partition coefficient (Wildman–Crippen LogP) is 2.31. The molecule has 22 heavy (non-hydrogen) atoms. The third kappa shape index (κ3) is 3.52. The minimum absolute atomic E-state index is 0.0648. The summed E-state index contributed by atoms with van der Waals surface area (Å²) in [5, 5.41) is 4.78. The maximum absolute atomic E-state index is 13.1. The number of carbonyl (C=O) groups is 3. The van der Waals surface area contributed by atoms with Gasteiger partial charge in [0.2, 0.25) is 0 Å². The fourth-order valence-corrected chi connectivity index (χ4v) is 3.02. The van der Waals surface area contributed by atoms with Gasteiger partial charge in [0.15, 0.2) is 6.61 Å². The Hall–Kier alpha value is -2.19. The molecule has 0 radical (unpaired) electrons. The number of esters is 1. The number of thiophene rings is 1. The van der Waals surface area contributed by atoms with Crippen molar-refractivity contribution in [2.75, 3.05) is 13.7 Å². The number of nitrogens with one attached hydrogen (secondary N) is 2. The van der Waals surface area contributed by atoms with E-state index >= 15 is 0 Å². The van der Waals surface area contributed by atoms with Gasteiger partial charge in [0.05, 0.1) is 5.02 Å². The number of halogens is 2. The number of hydrogen-bond donors (Lipinski definition) is 2. The predicted molar refractivity (Wildman–Crippen MR) is 79.7 cm³/mol. The van der Waals surface area contributed by atoms with Crippen molar-refractivity contribution < 1.29 is 23.5 Å². The van der Waals surface area contributed by atoms with E-state index in [9.17, 15) is 18.8 Å².